The number of ether oxygens (including phenoxy) is 1. The lowest BCUT2D eigenvalue weighted by Crippen LogP contribution is -2.47. The molecule has 0 aliphatic carbocycles. The van der Waals surface area contributed by atoms with E-state index in [1.54, 1.807) is 18.1 Å². The molecule has 2 N–H and O–H groups in total. The summed E-state index contributed by atoms with van der Waals surface area (Å²) in [6, 6.07) is -0.712. The smallest absolute Gasteiger partial charge is 0.329 e. The summed E-state index contributed by atoms with van der Waals surface area (Å²) in [5.74, 6) is -0.168. The van der Waals surface area contributed by atoms with Crippen LogP contribution in [0.25, 0.3) is 0 Å². The number of amides is 1. The van der Waals surface area contributed by atoms with Crippen molar-refractivity contribution in [1.82, 2.24) is 25.4 Å². The number of nitrogens with zero attached hydrogens (tertiary/aromatic N) is 3. The first-order valence-electron chi connectivity index (χ1n) is 5.43. The van der Waals surface area contributed by atoms with E-state index in [0.717, 1.165) is 0 Å². The van der Waals surface area contributed by atoms with Crippen LogP contribution < -0.4 is 10.6 Å². The van der Waals surface area contributed by atoms with Gasteiger partial charge in [-0.05, 0) is 0 Å². The second kappa shape index (κ2) is 6.70. The van der Waals surface area contributed by atoms with Gasteiger partial charge in [0.15, 0.2) is 5.82 Å². The average molecular weight is 255 g/mol. The minimum Gasteiger partial charge on any atom is -0.467 e. The highest BCUT2D eigenvalue weighted by atomic mass is 16.5. The number of aryl methyl sites for hydroxylation is 1. The van der Waals surface area contributed by atoms with Crippen LogP contribution in [0, 0.1) is 0 Å². The molecule has 100 valence electrons. The van der Waals surface area contributed by atoms with Gasteiger partial charge in [-0.1, -0.05) is 0 Å². The van der Waals surface area contributed by atoms with Gasteiger partial charge in [0, 0.05) is 20.5 Å². The Kier molecular flexibility index (Phi) is 5.25. The molecule has 1 rings (SSSR count). The number of hydrogen-bond acceptors (Lipinski definition) is 6. The van der Waals surface area contributed by atoms with E-state index in [0.29, 0.717) is 12.4 Å². The van der Waals surface area contributed by atoms with E-state index in [-0.39, 0.29) is 12.5 Å². The summed E-state index contributed by atoms with van der Waals surface area (Å²) >= 11 is 0. The monoisotopic (exact) mass is 255 g/mol. The molecule has 8 nitrogen and oxygen atoms in total. The van der Waals surface area contributed by atoms with Crippen LogP contribution in [-0.2, 0) is 27.9 Å². The van der Waals surface area contributed by atoms with E-state index < -0.39 is 12.0 Å². The Labute approximate surface area is 105 Å². The Hall–Kier alpha value is -1.96. The lowest BCUT2D eigenvalue weighted by molar-refractivity contribution is -0.144. The molecule has 1 atom stereocenters. The molecule has 0 saturated heterocycles. The van der Waals surface area contributed by atoms with Crippen LogP contribution in [0.2, 0.25) is 0 Å². The summed E-state index contributed by atoms with van der Waals surface area (Å²) in [6.45, 7) is 2.01. The zero-order chi connectivity index (χ0) is 13.5. The van der Waals surface area contributed by atoms with Crippen molar-refractivity contribution in [2.75, 3.05) is 13.7 Å². The molecular formula is C10H17N5O3. The van der Waals surface area contributed by atoms with Crippen molar-refractivity contribution in [2.24, 2.45) is 7.05 Å². The number of esters is 1. The standard InChI is InChI=1S/C10H17N5O3/c1-7(16)13-8(10(17)18-3)4-11-5-9-12-6-15(2)14-9/h6,8,11H,4-5H2,1-3H3,(H,13,16). The van der Waals surface area contributed by atoms with Gasteiger partial charge in [0.05, 0.1) is 13.7 Å². The van der Waals surface area contributed by atoms with Crippen LogP contribution in [0.15, 0.2) is 6.33 Å². The molecule has 0 bridgehead atoms. The minimum absolute atomic E-state index is 0.254. The Balaban J connectivity index is 2.41. The summed E-state index contributed by atoms with van der Waals surface area (Å²) in [5.41, 5.74) is 0. The second-order valence-electron chi connectivity index (χ2n) is 3.74. The van der Waals surface area contributed by atoms with Crippen molar-refractivity contribution in [1.29, 1.82) is 0 Å². The number of aromatic nitrogens is 3. The molecule has 0 saturated carbocycles. The van der Waals surface area contributed by atoms with Crippen LogP contribution in [0.4, 0.5) is 0 Å². The highest BCUT2D eigenvalue weighted by Crippen LogP contribution is 1.90. The Morgan fingerprint density at radius 1 is 1.56 bits per heavy atom. The SMILES string of the molecule is COC(=O)C(CNCc1ncn(C)n1)NC(C)=O. The molecule has 8 heteroatoms. The molecule has 1 unspecified atom stereocenters. The molecule has 1 heterocycles. The van der Waals surface area contributed by atoms with Gasteiger partial charge in [-0.15, -0.1) is 0 Å². The van der Waals surface area contributed by atoms with Crippen molar-refractivity contribution in [3.8, 4) is 0 Å². The van der Waals surface area contributed by atoms with Crippen LogP contribution in [0.1, 0.15) is 12.7 Å². The van der Waals surface area contributed by atoms with Gasteiger partial charge in [-0.25, -0.2) is 9.78 Å². The number of hydrogen-bond donors (Lipinski definition) is 2. The molecule has 1 aromatic heterocycles. The Morgan fingerprint density at radius 2 is 2.28 bits per heavy atom. The summed E-state index contributed by atoms with van der Waals surface area (Å²) < 4.78 is 6.18. The van der Waals surface area contributed by atoms with Crippen molar-refractivity contribution in [3.63, 3.8) is 0 Å². The number of methoxy groups -OCH3 is 1. The maximum atomic E-state index is 11.4. The lowest BCUT2D eigenvalue weighted by atomic mass is 10.3. The third kappa shape index (κ3) is 4.50. The van der Waals surface area contributed by atoms with Crippen LogP contribution in [-0.4, -0.2) is 46.3 Å². The molecule has 0 aliphatic heterocycles. The molecule has 1 aromatic rings. The van der Waals surface area contributed by atoms with E-state index in [2.05, 4.69) is 25.5 Å². The third-order valence-corrected chi connectivity index (χ3v) is 2.14. The lowest BCUT2D eigenvalue weighted by Gasteiger charge is -2.15. The highest BCUT2D eigenvalue weighted by molar-refractivity contribution is 5.83. The second-order valence-corrected chi connectivity index (χ2v) is 3.74. The fraction of sp³-hybridized carbons (Fsp3) is 0.600. The summed E-state index contributed by atoms with van der Waals surface area (Å²) in [4.78, 5) is 26.3. The first kappa shape index (κ1) is 14.1. The zero-order valence-electron chi connectivity index (χ0n) is 10.6. The van der Waals surface area contributed by atoms with Gasteiger partial charge in [0.25, 0.3) is 0 Å². The van der Waals surface area contributed by atoms with Gasteiger partial charge in [0.1, 0.15) is 12.4 Å². The molecule has 0 spiro atoms. The van der Waals surface area contributed by atoms with Crippen LogP contribution in [0.3, 0.4) is 0 Å². The third-order valence-electron chi connectivity index (χ3n) is 2.14. The molecule has 0 aromatic carbocycles. The largest absolute Gasteiger partial charge is 0.467 e. The number of nitrogens with one attached hydrogen (secondary N) is 2. The van der Waals surface area contributed by atoms with Gasteiger partial charge in [-0.3, -0.25) is 9.48 Å². The van der Waals surface area contributed by atoms with E-state index in [1.807, 2.05) is 0 Å². The molecule has 0 fully saturated rings. The van der Waals surface area contributed by atoms with E-state index >= 15 is 0 Å². The Morgan fingerprint density at radius 3 is 2.78 bits per heavy atom. The van der Waals surface area contributed by atoms with Crippen molar-refractivity contribution in [2.45, 2.75) is 19.5 Å². The van der Waals surface area contributed by atoms with E-state index in [9.17, 15) is 9.59 Å². The average Bonchev–Trinajstić information content (AvgIpc) is 2.72. The predicted octanol–water partition coefficient (Wildman–Crippen LogP) is -1.42. The fourth-order valence-corrected chi connectivity index (χ4v) is 1.37. The highest BCUT2D eigenvalue weighted by Gasteiger charge is 2.19. The maximum absolute atomic E-state index is 11.4. The first-order valence-corrected chi connectivity index (χ1v) is 5.43. The predicted molar refractivity (Wildman–Crippen MR) is 62.3 cm³/mol. The molecule has 18 heavy (non-hydrogen) atoms. The summed E-state index contributed by atoms with van der Waals surface area (Å²) in [5, 5.41) is 9.55. The topological polar surface area (TPSA) is 98.1 Å². The number of carbonyl (C=O) groups excluding carboxylic acids is 2. The molecular weight excluding hydrogens is 238 g/mol. The van der Waals surface area contributed by atoms with Crippen molar-refractivity contribution >= 4 is 11.9 Å². The van der Waals surface area contributed by atoms with Gasteiger partial charge in [0.2, 0.25) is 5.91 Å². The van der Waals surface area contributed by atoms with Crippen molar-refractivity contribution in [3.05, 3.63) is 12.2 Å². The summed E-state index contributed by atoms with van der Waals surface area (Å²) in [6.07, 6.45) is 1.59. The Bertz CT molecular complexity index is 417. The van der Waals surface area contributed by atoms with Crippen molar-refractivity contribution < 1.29 is 14.3 Å². The van der Waals surface area contributed by atoms with E-state index in [4.69, 9.17) is 0 Å². The van der Waals surface area contributed by atoms with Gasteiger partial charge < -0.3 is 15.4 Å². The van der Waals surface area contributed by atoms with Crippen LogP contribution in [0.5, 0.6) is 0 Å². The van der Waals surface area contributed by atoms with Gasteiger partial charge >= 0.3 is 5.97 Å². The quantitative estimate of drug-likeness (QED) is 0.606. The molecule has 0 aliphatic rings. The fourth-order valence-electron chi connectivity index (χ4n) is 1.37. The van der Waals surface area contributed by atoms with E-state index in [1.165, 1.54) is 14.0 Å². The maximum Gasteiger partial charge on any atom is 0.329 e. The van der Waals surface area contributed by atoms with Gasteiger partial charge in [-0.2, -0.15) is 5.10 Å². The number of carbonyl (C=O) groups is 2. The number of rotatable bonds is 6. The molecule has 0 radical (unpaired) electrons. The van der Waals surface area contributed by atoms with Crippen LogP contribution >= 0.6 is 0 Å². The minimum atomic E-state index is -0.712. The summed E-state index contributed by atoms with van der Waals surface area (Å²) in [7, 11) is 3.04. The zero-order valence-corrected chi connectivity index (χ0v) is 10.6. The first-order chi connectivity index (χ1) is 8.52. The molecule has 1 amide bonds. The normalized spacial score (nSPS) is 11.9.